The predicted molar refractivity (Wildman–Crippen MR) is 220 cm³/mol. The summed E-state index contributed by atoms with van der Waals surface area (Å²) in [6, 6.07) is 21.5. The van der Waals surface area contributed by atoms with Gasteiger partial charge in [-0.25, -0.2) is 9.59 Å². The van der Waals surface area contributed by atoms with Crippen LogP contribution in [-0.4, -0.2) is 94.8 Å². The third kappa shape index (κ3) is 12.6. The van der Waals surface area contributed by atoms with Crippen LogP contribution in [0.2, 0.25) is 0 Å². The molecular formula is C44H56N6O8. The first kappa shape index (κ1) is 44.8. The lowest BCUT2D eigenvalue weighted by Gasteiger charge is -2.37. The first-order valence-corrected chi connectivity index (χ1v) is 19.1. The van der Waals surface area contributed by atoms with E-state index in [4.69, 9.17) is 9.47 Å². The van der Waals surface area contributed by atoms with Crippen LogP contribution in [0, 0.1) is 10.8 Å². The minimum absolute atomic E-state index is 0.0511. The van der Waals surface area contributed by atoms with Crippen molar-refractivity contribution in [2.24, 2.45) is 10.8 Å². The first-order chi connectivity index (χ1) is 27.4. The quantitative estimate of drug-likeness (QED) is 0.0969. The van der Waals surface area contributed by atoms with E-state index in [1.54, 1.807) is 53.9 Å². The van der Waals surface area contributed by atoms with Crippen molar-refractivity contribution >= 4 is 24.0 Å². The average Bonchev–Trinajstić information content (AvgIpc) is 3.20. The summed E-state index contributed by atoms with van der Waals surface area (Å²) in [7, 11) is 2.38. The number of hydrogen-bond donors (Lipinski definition) is 6. The third-order valence-corrected chi connectivity index (χ3v) is 9.72. The van der Waals surface area contributed by atoms with Gasteiger partial charge in [-0.05, 0) is 59.1 Å². The molecule has 4 rings (SSSR count). The van der Waals surface area contributed by atoms with Gasteiger partial charge in [0.2, 0.25) is 11.8 Å². The Bertz CT molecular complexity index is 1810. The number of pyridine rings is 2. The number of ether oxygens (including phenoxy) is 2. The largest absolute Gasteiger partial charge is 0.453 e. The molecule has 6 atom stereocenters. The van der Waals surface area contributed by atoms with E-state index in [9.17, 15) is 29.4 Å². The summed E-state index contributed by atoms with van der Waals surface area (Å²) in [5, 5.41) is 35.2. The molecule has 14 heteroatoms. The molecule has 14 nitrogen and oxygen atoms in total. The van der Waals surface area contributed by atoms with Crippen LogP contribution < -0.4 is 21.3 Å². The highest BCUT2D eigenvalue weighted by molar-refractivity contribution is 5.87. The molecule has 0 radical (unpaired) electrons. The van der Waals surface area contributed by atoms with E-state index in [2.05, 4.69) is 31.2 Å². The van der Waals surface area contributed by atoms with Crippen molar-refractivity contribution < 1.29 is 38.9 Å². The van der Waals surface area contributed by atoms with Gasteiger partial charge in [-0.2, -0.15) is 0 Å². The van der Waals surface area contributed by atoms with Gasteiger partial charge < -0.3 is 41.0 Å². The molecule has 0 unspecified atom stereocenters. The second-order valence-corrected chi connectivity index (χ2v) is 16.3. The van der Waals surface area contributed by atoms with Gasteiger partial charge in [0, 0.05) is 23.5 Å². The summed E-state index contributed by atoms with van der Waals surface area (Å²) >= 11 is 0. The second kappa shape index (κ2) is 20.0. The highest BCUT2D eigenvalue weighted by atomic mass is 16.5. The number of aliphatic hydroxyl groups is 2. The molecule has 2 heterocycles. The van der Waals surface area contributed by atoms with E-state index in [0.29, 0.717) is 11.1 Å². The molecule has 4 aromatic rings. The molecule has 4 amide bonds. The lowest BCUT2D eigenvalue weighted by molar-refractivity contribution is -0.130. The van der Waals surface area contributed by atoms with Gasteiger partial charge in [-0.3, -0.25) is 19.6 Å². The van der Waals surface area contributed by atoms with Crippen LogP contribution in [-0.2, 0) is 31.9 Å². The Hall–Kier alpha value is -5.86. The lowest BCUT2D eigenvalue weighted by atomic mass is 9.84. The normalized spacial score (nSPS) is 14.7. The standard InChI is InChI=1S/C44H56N6O8/c1-43(2,3)37(49-41(55)57-7)39(53)47-33(25-27-15-19-29(20-16-27)31-13-9-11-23-45-31)35(51)36(52)34(48-40(54)38(44(4,5)6)50-42(56)58-8)26-28-17-21-30(22-18-28)32-14-10-12-24-46-32/h9-24,33-38,51-52H,25-26H2,1-8H3,(H,47,53)(H,48,54)(H,49,55)(H,50,56)/t33-,34-,35+,36+,37-,38-/m1/s1. The fourth-order valence-corrected chi connectivity index (χ4v) is 6.42. The second-order valence-electron chi connectivity index (χ2n) is 16.3. The number of carbonyl (C=O) groups is 4. The van der Waals surface area contributed by atoms with Crippen molar-refractivity contribution in [3.63, 3.8) is 0 Å². The summed E-state index contributed by atoms with van der Waals surface area (Å²) in [6.45, 7) is 10.6. The third-order valence-electron chi connectivity index (χ3n) is 9.72. The summed E-state index contributed by atoms with van der Waals surface area (Å²) in [4.78, 5) is 61.5. The van der Waals surface area contributed by atoms with E-state index < -0.39 is 71.2 Å². The fraction of sp³-hybridized carbons (Fsp3) is 0.409. The monoisotopic (exact) mass is 796 g/mol. The summed E-state index contributed by atoms with van der Waals surface area (Å²) in [5.41, 5.74) is 3.08. The number of amides is 4. The van der Waals surface area contributed by atoms with Crippen LogP contribution in [0.15, 0.2) is 97.3 Å². The van der Waals surface area contributed by atoms with Gasteiger partial charge in [0.25, 0.3) is 0 Å². The zero-order chi connectivity index (χ0) is 42.6. The number of rotatable bonds is 15. The molecule has 0 saturated carbocycles. The van der Waals surface area contributed by atoms with Crippen molar-refractivity contribution in [1.29, 1.82) is 0 Å². The highest BCUT2D eigenvalue weighted by Gasteiger charge is 2.40. The van der Waals surface area contributed by atoms with Crippen molar-refractivity contribution in [2.45, 2.75) is 90.8 Å². The lowest BCUT2D eigenvalue weighted by Crippen LogP contribution is -2.62. The Morgan fingerprint density at radius 1 is 0.552 bits per heavy atom. The van der Waals surface area contributed by atoms with Crippen molar-refractivity contribution in [1.82, 2.24) is 31.2 Å². The molecule has 2 aromatic heterocycles. The number of hydrogen-bond acceptors (Lipinski definition) is 10. The molecule has 58 heavy (non-hydrogen) atoms. The molecule has 2 aromatic carbocycles. The van der Waals surface area contributed by atoms with E-state index in [1.165, 1.54) is 14.2 Å². The van der Waals surface area contributed by atoms with Crippen LogP contribution in [0.25, 0.3) is 22.5 Å². The average molecular weight is 797 g/mol. The smallest absolute Gasteiger partial charge is 0.407 e. The van der Waals surface area contributed by atoms with Gasteiger partial charge >= 0.3 is 12.2 Å². The van der Waals surface area contributed by atoms with Gasteiger partial charge in [0.05, 0.1) is 37.7 Å². The van der Waals surface area contributed by atoms with Crippen LogP contribution in [0.1, 0.15) is 52.7 Å². The topological polar surface area (TPSA) is 201 Å². The SMILES string of the molecule is COC(=O)N[C@H](C(=O)N[C@H](Cc1ccc(-c2ccccn2)cc1)[C@H](O)[C@@H](O)[C@@H](Cc1ccc(-c2ccccn2)cc1)NC(=O)[C@@H](NC(=O)OC)C(C)(C)C)C(C)(C)C. The van der Waals surface area contributed by atoms with Gasteiger partial charge in [-0.1, -0.05) is 102 Å². The summed E-state index contributed by atoms with van der Waals surface area (Å²) < 4.78 is 9.58. The Morgan fingerprint density at radius 3 is 1.17 bits per heavy atom. The van der Waals surface area contributed by atoms with Gasteiger partial charge in [-0.15, -0.1) is 0 Å². The Balaban J connectivity index is 1.72. The summed E-state index contributed by atoms with van der Waals surface area (Å²) in [5.74, 6) is -1.25. The molecule has 0 spiro atoms. The Labute approximate surface area is 340 Å². The molecule has 0 fully saturated rings. The number of benzene rings is 2. The molecule has 0 bridgehead atoms. The maximum absolute atomic E-state index is 14.0. The van der Waals surface area contributed by atoms with Crippen molar-refractivity contribution in [3.05, 3.63) is 108 Å². The fourth-order valence-electron chi connectivity index (χ4n) is 6.42. The zero-order valence-corrected chi connectivity index (χ0v) is 34.4. The molecule has 0 aliphatic rings. The minimum Gasteiger partial charge on any atom is -0.453 e. The molecule has 0 aliphatic heterocycles. The van der Waals surface area contributed by atoms with E-state index >= 15 is 0 Å². The van der Waals surface area contributed by atoms with E-state index in [1.807, 2.05) is 84.9 Å². The van der Waals surface area contributed by atoms with Crippen LogP contribution >= 0.6 is 0 Å². The summed E-state index contributed by atoms with van der Waals surface area (Å²) in [6.07, 6.45) is -1.48. The zero-order valence-electron chi connectivity index (χ0n) is 34.4. The molecular weight excluding hydrogens is 741 g/mol. The number of nitrogens with zero attached hydrogens (tertiary/aromatic N) is 2. The first-order valence-electron chi connectivity index (χ1n) is 19.1. The Kier molecular flexibility index (Phi) is 15.5. The van der Waals surface area contributed by atoms with E-state index in [-0.39, 0.29) is 12.8 Å². The highest BCUT2D eigenvalue weighted by Crippen LogP contribution is 2.25. The predicted octanol–water partition coefficient (Wildman–Crippen LogP) is 4.83. The van der Waals surface area contributed by atoms with E-state index in [0.717, 1.165) is 22.5 Å². The van der Waals surface area contributed by atoms with Crippen LogP contribution in [0.5, 0.6) is 0 Å². The Morgan fingerprint density at radius 2 is 0.897 bits per heavy atom. The molecule has 0 saturated heterocycles. The van der Waals surface area contributed by atoms with Crippen LogP contribution in [0.3, 0.4) is 0 Å². The van der Waals surface area contributed by atoms with Crippen molar-refractivity contribution in [2.75, 3.05) is 14.2 Å². The maximum atomic E-state index is 14.0. The number of aliphatic hydroxyl groups excluding tert-OH is 2. The molecule has 6 N–H and O–H groups in total. The van der Waals surface area contributed by atoms with Crippen molar-refractivity contribution in [3.8, 4) is 22.5 Å². The number of alkyl carbamates (subject to hydrolysis) is 2. The maximum Gasteiger partial charge on any atom is 0.407 e. The molecule has 310 valence electrons. The van der Waals surface area contributed by atoms with Crippen LogP contribution in [0.4, 0.5) is 9.59 Å². The number of nitrogens with one attached hydrogen (secondary N) is 4. The minimum atomic E-state index is -1.67. The van der Waals surface area contributed by atoms with Gasteiger partial charge in [0.15, 0.2) is 0 Å². The molecule has 0 aliphatic carbocycles. The number of aromatic nitrogens is 2. The number of methoxy groups -OCH3 is 2. The van der Waals surface area contributed by atoms with Gasteiger partial charge in [0.1, 0.15) is 24.3 Å². The number of carbonyl (C=O) groups excluding carboxylic acids is 4.